The lowest BCUT2D eigenvalue weighted by atomic mass is 10.0. The first-order chi connectivity index (χ1) is 17.1. The zero-order chi connectivity index (χ0) is 26.0. The first-order valence-electron chi connectivity index (χ1n) is 12.1. The smallest absolute Gasteiger partial charge is 0.256 e. The summed E-state index contributed by atoms with van der Waals surface area (Å²) in [6.45, 7) is 3.47. The highest BCUT2D eigenvalue weighted by atomic mass is 32.2. The van der Waals surface area contributed by atoms with Crippen LogP contribution in [0.4, 0.5) is 5.00 Å². The number of hydrogen-bond donors (Lipinski definition) is 1. The van der Waals surface area contributed by atoms with Crippen LogP contribution in [0.25, 0.3) is 0 Å². The molecule has 1 aromatic heterocycles. The molecule has 0 aliphatic carbocycles. The predicted octanol–water partition coefficient (Wildman–Crippen LogP) is 3.17. The van der Waals surface area contributed by atoms with Crippen molar-refractivity contribution >= 4 is 44.1 Å². The van der Waals surface area contributed by atoms with E-state index in [2.05, 4.69) is 5.32 Å². The highest BCUT2D eigenvalue weighted by Gasteiger charge is 2.31. The number of rotatable bonds is 5. The first kappa shape index (κ1) is 26.3. The van der Waals surface area contributed by atoms with Gasteiger partial charge in [-0.2, -0.15) is 4.31 Å². The molecule has 11 heteroatoms. The topological polar surface area (TPSA) is 107 Å². The van der Waals surface area contributed by atoms with E-state index in [0.717, 1.165) is 36.1 Å². The average molecular weight is 533 g/mol. The number of amides is 3. The van der Waals surface area contributed by atoms with Gasteiger partial charge < -0.3 is 15.1 Å². The average Bonchev–Trinajstić information content (AvgIpc) is 3.00. The molecule has 36 heavy (non-hydrogen) atoms. The second kappa shape index (κ2) is 10.7. The maximum Gasteiger partial charge on any atom is 0.256 e. The summed E-state index contributed by atoms with van der Waals surface area (Å²) >= 11 is 1.30. The van der Waals surface area contributed by atoms with Crippen molar-refractivity contribution in [3.05, 3.63) is 45.8 Å². The Morgan fingerprint density at radius 1 is 0.972 bits per heavy atom. The fourth-order valence-electron chi connectivity index (χ4n) is 4.59. The molecule has 0 bridgehead atoms. The highest BCUT2D eigenvalue weighted by molar-refractivity contribution is 7.89. The highest BCUT2D eigenvalue weighted by Crippen LogP contribution is 2.38. The molecule has 3 heterocycles. The Morgan fingerprint density at radius 3 is 2.19 bits per heavy atom. The lowest BCUT2D eigenvalue weighted by Gasteiger charge is -2.26. The summed E-state index contributed by atoms with van der Waals surface area (Å²) in [6, 6.07) is 5.92. The Hall–Kier alpha value is -2.76. The van der Waals surface area contributed by atoms with Gasteiger partial charge in [0.05, 0.1) is 17.0 Å². The Morgan fingerprint density at radius 2 is 1.61 bits per heavy atom. The molecule has 1 N–H and O–H groups in total. The molecular formula is C25H32N4O5S2. The lowest BCUT2D eigenvalue weighted by molar-refractivity contribution is -0.129. The van der Waals surface area contributed by atoms with Crippen LogP contribution in [0.3, 0.4) is 0 Å². The van der Waals surface area contributed by atoms with Gasteiger partial charge in [-0.05, 0) is 49.1 Å². The van der Waals surface area contributed by atoms with Crippen LogP contribution >= 0.6 is 11.3 Å². The number of sulfonamides is 1. The van der Waals surface area contributed by atoms with Crippen LogP contribution in [0.2, 0.25) is 0 Å². The third kappa shape index (κ3) is 5.33. The first-order valence-corrected chi connectivity index (χ1v) is 14.4. The second-order valence-corrected chi connectivity index (χ2v) is 12.4. The normalized spacial score (nSPS) is 16.7. The molecule has 1 saturated heterocycles. The quantitative estimate of drug-likeness (QED) is 0.637. The molecule has 0 unspecified atom stereocenters. The van der Waals surface area contributed by atoms with Gasteiger partial charge in [-0.15, -0.1) is 11.3 Å². The zero-order valence-electron chi connectivity index (χ0n) is 20.9. The molecule has 2 aliphatic rings. The monoisotopic (exact) mass is 532 g/mol. The second-order valence-electron chi connectivity index (χ2n) is 9.39. The van der Waals surface area contributed by atoms with E-state index < -0.39 is 15.9 Å². The molecule has 2 aromatic rings. The summed E-state index contributed by atoms with van der Waals surface area (Å²) in [5.74, 6) is -0.670. The van der Waals surface area contributed by atoms with Gasteiger partial charge in [0.2, 0.25) is 15.9 Å². The molecule has 0 spiro atoms. The van der Waals surface area contributed by atoms with Crippen molar-refractivity contribution in [2.75, 3.05) is 39.0 Å². The minimum Gasteiger partial charge on any atom is -0.345 e. The van der Waals surface area contributed by atoms with Gasteiger partial charge >= 0.3 is 0 Å². The van der Waals surface area contributed by atoms with Crippen molar-refractivity contribution < 1.29 is 22.8 Å². The summed E-state index contributed by atoms with van der Waals surface area (Å²) in [5.41, 5.74) is 1.62. The Bertz CT molecular complexity index is 1260. The van der Waals surface area contributed by atoms with E-state index in [1.54, 1.807) is 19.0 Å². The molecule has 4 rings (SSSR count). The van der Waals surface area contributed by atoms with Crippen LogP contribution in [-0.4, -0.2) is 74.0 Å². The Kier molecular flexibility index (Phi) is 7.82. The molecule has 1 aromatic carbocycles. The van der Waals surface area contributed by atoms with Crippen molar-refractivity contribution in [1.82, 2.24) is 14.1 Å². The minimum atomic E-state index is -3.61. The summed E-state index contributed by atoms with van der Waals surface area (Å²) in [6.07, 6.45) is 4.30. The molecule has 9 nitrogen and oxygen atoms in total. The molecule has 0 radical (unpaired) electrons. The molecule has 2 aliphatic heterocycles. The molecule has 0 saturated carbocycles. The van der Waals surface area contributed by atoms with Gasteiger partial charge in [0.25, 0.3) is 11.8 Å². The standard InChI is InChI=1S/C25H32N4O5S2/c1-17(30)28-15-12-20-21(16-28)35-24(22(20)25(32)27(2)3)26-23(31)18-8-10-19(11-9-18)36(33,34)29-13-6-4-5-7-14-29/h8-11H,4-7,12-16H2,1-3H3,(H,26,31). The van der Waals surface area contributed by atoms with E-state index in [1.165, 1.54) is 51.7 Å². The van der Waals surface area contributed by atoms with Crippen molar-refractivity contribution in [2.45, 2.75) is 50.5 Å². The van der Waals surface area contributed by atoms with E-state index in [-0.39, 0.29) is 16.7 Å². The number of thiophene rings is 1. The maximum absolute atomic E-state index is 13.1. The molecule has 1 fully saturated rings. The number of carbonyl (C=O) groups is 3. The van der Waals surface area contributed by atoms with Crippen LogP contribution in [0.15, 0.2) is 29.2 Å². The van der Waals surface area contributed by atoms with Crippen molar-refractivity contribution in [3.8, 4) is 0 Å². The number of hydrogen-bond acceptors (Lipinski definition) is 6. The summed E-state index contributed by atoms with van der Waals surface area (Å²) in [5, 5.41) is 3.30. The van der Waals surface area contributed by atoms with Crippen LogP contribution in [-0.2, 0) is 27.8 Å². The van der Waals surface area contributed by atoms with E-state index in [1.807, 2.05) is 0 Å². The van der Waals surface area contributed by atoms with Crippen LogP contribution < -0.4 is 5.32 Å². The number of nitrogens with one attached hydrogen (secondary N) is 1. The fraction of sp³-hybridized carbons (Fsp3) is 0.480. The summed E-state index contributed by atoms with van der Waals surface area (Å²) in [7, 11) is -0.289. The van der Waals surface area contributed by atoms with Gasteiger partial charge in [-0.1, -0.05) is 12.8 Å². The third-order valence-electron chi connectivity index (χ3n) is 6.67. The maximum atomic E-state index is 13.1. The largest absolute Gasteiger partial charge is 0.345 e. The van der Waals surface area contributed by atoms with Crippen LogP contribution in [0.5, 0.6) is 0 Å². The summed E-state index contributed by atoms with van der Waals surface area (Å²) < 4.78 is 27.6. The molecule has 3 amide bonds. The van der Waals surface area contributed by atoms with Gasteiger partial charge in [0, 0.05) is 51.1 Å². The SMILES string of the molecule is CC(=O)N1CCc2c(sc(NC(=O)c3ccc(S(=O)(=O)N4CCCCCC4)cc3)c2C(=O)N(C)C)C1. The van der Waals surface area contributed by atoms with E-state index in [0.29, 0.717) is 48.7 Å². The van der Waals surface area contributed by atoms with Gasteiger partial charge in [0.1, 0.15) is 5.00 Å². The number of anilines is 1. The number of nitrogens with zero attached hydrogens (tertiary/aromatic N) is 3. The molecule has 0 atom stereocenters. The van der Waals surface area contributed by atoms with E-state index in [4.69, 9.17) is 0 Å². The minimum absolute atomic E-state index is 0.0321. The lowest BCUT2D eigenvalue weighted by Crippen LogP contribution is -2.34. The predicted molar refractivity (Wildman–Crippen MR) is 139 cm³/mol. The van der Waals surface area contributed by atoms with E-state index >= 15 is 0 Å². The number of benzene rings is 1. The number of fused-ring (bicyclic) bond motifs is 1. The fourth-order valence-corrected chi connectivity index (χ4v) is 7.36. The summed E-state index contributed by atoms with van der Waals surface area (Å²) in [4.78, 5) is 42.2. The van der Waals surface area contributed by atoms with Crippen molar-refractivity contribution in [3.63, 3.8) is 0 Å². The Balaban J connectivity index is 1.57. The molecule has 194 valence electrons. The van der Waals surface area contributed by atoms with Crippen LogP contribution in [0, 0.1) is 0 Å². The zero-order valence-corrected chi connectivity index (χ0v) is 22.5. The van der Waals surface area contributed by atoms with E-state index in [9.17, 15) is 22.8 Å². The van der Waals surface area contributed by atoms with Crippen molar-refractivity contribution in [1.29, 1.82) is 0 Å². The van der Waals surface area contributed by atoms with Crippen LogP contribution in [0.1, 0.15) is 63.8 Å². The van der Waals surface area contributed by atoms with Gasteiger partial charge in [-0.25, -0.2) is 8.42 Å². The number of carbonyl (C=O) groups excluding carboxylic acids is 3. The molecular weight excluding hydrogens is 500 g/mol. The third-order valence-corrected chi connectivity index (χ3v) is 9.71. The van der Waals surface area contributed by atoms with Gasteiger partial charge in [-0.3, -0.25) is 14.4 Å². The van der Waals surface area contributed by atoms with Crippen molar-refractivity contribution in [2.24, 2.45) is 0 Å². The Labute approximate surface area is 216 Å². The van der Waals surface area contributed by atoms with Gasteiger partial charge in [0.15, 0.2) is 0 Å².